The lowest BCUT2D eigenvalue weighted by atomic mass is 10.3. The average Bonchev–Trinajstić information content (AvgIpc) is 2.72. The van der Waals surface area contributed by atoms with Crippen LogP contribution >= 0.6 is 0 Å². The van der Waals surface area contributed by atoms with E-state index in [1.165, 1.54) is 5.52 Å². The number of hydrogen-bond acceptors (Lipinski definition) is 3. The number of aromatic nitrogens is 2. The first kappa shape index (κ1) is 11.9. The zero-order chi connectivity index (χ0) is 12.3. The van der Waals surface area contributed by atoms with Gasteiger partial charge >= 0.3 is 0 Å². The van der Waals surface area contributed by atoms with Gasteiger partial charge in [0.15, 0.2) is 0 Å². The highest BCUT2D eigenvalue weighted by molar-refractivity contribution is 5.77. The molecule has 0 atom stereocenters. The number of imidazole rings is 1. The van der Waals surface area contributed by atoms with Gasteiger partial charge in [0, 0.05) is 25.6 Å². The molecule has 1 aromatic carbocycles. The van der Waals surface area contributed by atoms with Crippen LogP contribution in [0.3, 0.4) is 0 Å². The van der Waals surface area contributed by atoms with Gasteiger partial charge < -0.3 is 14.6 Å². The van der Waals surface area contributed by atoms with E-state index in [4.69, 9.17) is 4.74 Å². The van der Waals surface area contributed by atoms with Gasteiger partial charge in [0.2, 0.25) is 0 Å². The Morgan fingerprint density at radius 2 is 2.24 bits per heavy atom. The predicted octanol–water partition coefficient (Wildman–Crippen LogP) is 1.83. The van der Waals surface area contributed by atoms with Crippen molar-refractivity contribution < 1.29 is 4.74 Å². The molecule has 17 heavy (non-hydrogen) atoms. The van der Waals surface area contributed by atoms with Gasteiger partial charge in [-0.3, -0.25) is 0 Å². The number of aryl methyl sites for hydroxylation is 1. The Labute approximate surface area is 102 Å². The molecule has 92 valence electrons. The minimum Gasteiger partial charge on any atom is -0.497 e. The molecule has 4 nitrogen and oxygen atoms in total. The van der Waals surface area contributed by atoms with Crippen molar-refractivity contribution in [2.45, 2.75) is 19.9 Å². The van der Waals surface area contributed by atoms with Gasteiger partial charge in [-0.1, -0.05) is 0 Å². The minimum absolute atomic E-state index is 0.860. The smallest absolute Gasteiger partial charge is 0.121 e. The molecule has 0 aliphatic heterocycles. The molecular weight excluding hydrogens is 214 g/mol. The van der Waals surface area contributed by atoms with Gasteiger partial charge in [-0.15, -0.1) is 0 Å². The molecule has 0 aliphatic rings. The Hall–Kier alpha value is -1.55. The third-order valence-electron chi connectivity index (χ3n) is 2.95. The van der Waals surface area contributed by atoms with Crippen molar-refractivity contribution in [3.05, 3.63) is 24.0 Å². The van der Waals surface area contributed by atoms with Crippen LogP contribution in [0.1, 0.15) is 12.7 Å². The predicted molar refractivity (Wildman–Crippen MR) is 69.6 cm³/mol. The SMILES string of the molecule is CCn1c(CCNC)nc2cc(OC)ccc21. The summed E-state index contributed by atoms with van der Waals surface area (Å²) in [5.74, 6) is 1.99. The lowest BCUT2D eigenvalue weighted by Crippen LogP contribution is -2.13. The summed E-state index contributed by atoms with van der Waals surface area (Å²) < 4.78 is 7.48. The van der Waals surface area contributed by atoms with E-state index in [0.717, 1.165) is 36.6 Å². The molecule has 0 saturated heterocycles. The molecule has 0 aliphatic carbocycles. The van der Waals surface area contributed by atoms with E-state index in [0.29, 0.717) is 0 Å². The topological polar surface area (TPSA) is 39.1 Å². The molecule has 0 fully saturated rings. The molecule has 4 heteroatoms. The number of methoxy groups -OCH3 is 1. The normalized spacial score (nSPS) is 11.0. The van der Waals surface area contributed by atoms with Crippen molar-refractivity contribution in [1.29, 1.82) is 0 Å². The molecule has 0 saturated carbocycles. The van der Waals surface area contributed by atoms with Crippen LogP contribution in [0.5, 0.6) is 5.75 Å². The van der Waals surface area contributed by atoms with E-state index in [-0.39, 0.29) is 0 Å². The number of nitrogens with one attached hydrogen (secondary N) is 1. The van der Waals surface area contributed by atoms with E-state index >= 15 is 0 Å². The number of hydrogen-bond donors (Lipinski definition) is 1. The summed E-state index contributed by atoms with van der Waals surface area (Å²) in [6.45, 7) is 4.04. The first-order chi connectivity index (χ1) is 8.30. The summed E-state index contributed by atoms with van der Waals surface area (Å²) in [4.78, 5) is 4.67. The van der Waals surface area contributed by atoms with Crippen LogP contribution in [-0.4, -0.2) is 30.3 Å². The Kier molecular flexibility index (Phi) is 3.64. The first-order valence-corrected chi connectivity index (χ1v) is 5.98. The summed E-state index contributed by atoms with van der Waals surface area (Å²) in [5.41, 5.74) is 2.19. The lowest BCUT2D eigenvalue weighted by molar-refractivity contribution is 0.415. The zero-order valence-electron chi connectivity index (χ0n) is 10.7. The molecular formula is C13H19N3O. The highest BCUT2D eigenvalue weighted by Crippen LogP contribution is 2.21. The third kappa shape index (κ3) is 2.26. The molecule has 1 heterocycles. The second kappa shape index (κ2) is 5.19. The van der Waals surface area contributed by atoms with Crippen LogP contribution in [0.2, 0.25) is 0 Å². The highest BCUT2D eigenvalue weighted by atomic mass is 16.5. The third-order valence-corrected chi connectivity index (χ3v) is 2.95. The van der Waals surface area contributed by atoms with E-state index in [9.17, 15) is 0 Å². The van der Waals surface area contributed by atoms with Crippen molar-refractivity contribution in [1.82, 2.24) is 14.9 Å². The maximum absolute atomic E-state index is 5.22. The zero-order valence-corrected chi connectivity index (χ0v) is 10.7. The molecule has 0 spiro atoms. The van der Waals surface area contributed by atoms with Crippen molar-refractivity contribution >= 4 is 11.0 Å². The van der Waals surface area contributed by atoms with Crippen molar-refractivity contribution in [2.24, 2.45) is 0 Å². The van der Waals surface area contributed by atoms with E-state index in [1.54, 1.807) is 7.11 Å². The summed E-state index contributed by atoms with van der Waals surface area (Å²) in [6.07, 6.45) is 0.946. The summed E-state index contributed by atoms with van der Waals surface area (Å²) in [6, 6.07) is 6.05. The molecule has 0 unspecified atom stereocenters. The molecule has 1 N–H and O–H groups in total. The van der Waals surface area contributed by atoms with Crippen molar-refractivity contribution in [3.63, 3.8) is 0 Å². The highest BCUT2D eigenvalue weighted by Gasteiger charge is 2.09. The fourth-order valence-electron chi connectivity index (χ4n) is 2.07. The number of fused-ring (bicyclic) bond motifs is 1. The quantitative estimate of drug-likeness (QED) is 0.856. The van der Waals surface area contributed by atoms with Gasteiger partial charge in [0.1, 0.15) is 11.6 Å². The molecule has 2 rings (SSSR count). The fraction of sp³-hybridized carbons (Fsp3) is 0.462. The molecule has 0 radical (unpaired) electrons. The van der Waals surface area contributed by atoms with Crippen LogP contribution in [-0.2, 0) is 13.0 Å². The Bertz CT molecular complexity index is 505. The largest absolute Gasteiger partial charge is 0.497 e. The minimum atomic E-state index is 0.860. The van der Waals surface area contributed by atoms with E-state index in [1.807, 2.05) is 19.2 Å². The fourth-order valence-corrected chi connectivity index (χ4v) is 2.07. The maximum Gasteiger partial charge on any atom is 0.121 e. The monoisotopic (exact) mass is 233 g/mol. The summed E-state index contributed by atoms with van der Waals surface area (Å²) >= 11 is 0. The number of nitrogens with zero attached hydrogens (tertiary/aromatic N) is 2. The van der Waals surface area contributed by atoms with Gasteiger partial charge in [-0.05, 0) is 26.1 Å². The van der Waals surface area contributed by atoms with Crippen LogP contribution in [0.25, 0.3) is 11.0 Å². The Balaban J connectivity index is 2.46. The van der Waals surface area contributed by atoms with Gasteiger partial charge in [0.25, 0.3) is 0 Å². The Morgan fingerprint density at radius 1 is 1.41 bits per heavy atom. The Morgan fingerprint density at radius 3 is 2.88 bits per heavy atom. The first-order valence-electron chi connectivity index (χ1n) is 5.98. The van der Waals surface area contributed by atoms with Crippen LogP contribution in [0.15, 0.2) is 18.2 Å². The number of ether oxygens (including phenoxy) is 1. The van der Waals surface area contributed by atoms with E-state index < -0.39 is 0 Å². The standard InChI is InChI=1S/C13H19N3O/c1-4-16-12-6-5-10(17-3)9-11(12)15-13(16)7-8-14-2/h5-6,9,14H,4,7-8H2,1-3H3. The average molecular weight is 233 g/mol. The molecule has 0 amide bonds. The number of benzene rings is 1. The molecule has 1 aromatic heterocycles. The number of likely N-dealkylation sites (N-methyl/N-ethyl adjacent to an activating group) is 1. The summed E-state index contributed by atoms with van der Waals surface area (Å²) in [5, 5.41) is 3.16. The van der Waals surface area contributed by atoms with E-state index in [2.05, 4.69) is 27.9 Å². The molecule has 0 bridgehead atoms. The maximum atomic E-state index is 5.22. The van der Waals surface area contributed by atoms with Crippen LogP contribution < -0.4 is 10.1 Å². The second-order valence-corrected chi connectivity index (χ2v) is 3.98. The lowest BCUT2D eigenvalue weighted by Gasteiger charge is -2.05. The summed E-state index contributed by atoms with van der Waals surface area (Å²) in [7, 11) is 3.64. The molecule has 2 aromatic rings. The number of rotatable bonds is 5. The van der Waals surface area contributed by atoms with Gasteiger partial charge in [-0.25, -0.2) is 4.98 Å². The van der Waals surface area contributed by atoms with Crippen molar-refractivity contribution in [2.75, 3.05) is 20.7 Å². The van der Waals surface area contributed by atoms with Crippen molar-refractivity contribution in [3.8, 4) is 5.75 Å². The van der Waals surface area contributed by atoms with Crippen LogP contribution in [0.4, 0.5) is 0 Å². The van der Waals surface area contributed by atoms with Gasteiger partial charge in [-0.2, -0.15) is 0 Å². The van der Waals surface area contributed by atoms with Crippen LogP contribution in [0, 0.1) is 0 Å². The van der Waals surface area contributed by atoms with Gasteiger partial charge in [0.05, 0.1) is 18.1 Å². The second-order valence-electron chi connectivity index (χ2n) is 3.98.